The smallest absolute Gasteiger partial charge is 0.139 e. The molecule has 0 saturated carbocycles. The monoisotopic (exact) mass is 256 g/mol. The summed E-state index contributed by atoms with van der Waals surface area (Å²) >= 11 is 0. The highest BCUT2D eigenvalue weighted by molar-refractivity contribution is 5.67. The molecule has 0 aliphatic heterocycles. The highest BCUT2D eigenvalue weighted by Gasteiger charge is 2.13. The molecule has 0 bridgehead atoms. The fraction of sp³-hybridized carbons (Fsp3) is 0.333. The van der Waals surface area contributed by atoms with Crippen LogP contribution in [-0.2, 0) is 0 Å². The van der Waals surface area contributed by atoms with Crippen LogP contribution in [0.5, 0.6) is 0 Å². The average molecular weight is 256 g/mol. The lowest BCUT2D eigenvalue weighted by Crippen LogP contribution is -2.07. The molecule has 0 amide bonds. The number of aryl methyl sites for hydroxylation is 2. The van der Waals surface area contributed by atoms with Gasteiger partial charge in [-0.3, -0.25) is 0 Å². The predicted octanol–water partition coefficient (Wildman–Crippen LogP) is 3.54. The lowest BCUT2D eigenvalue weighted by molar-refractivity contribution is 0.855. The number of benzene rings is 1. The van der Waals surface area contributed by atoms with Gasteiger partial charge in [0, 0.05) is 11.3 Å². The molecule has 1 aromatic carbocycles. The number of nitrogens with one attached hydrogen (secondary N) is 1. The van der Waals surface area contributed by atoms with Gasteiger partial charge in [-0.1, -0.05) is 26.0 Å². The molecule has 0 radical (unpaired) electrons. The largest absolute Gasteiger partial charge is 0.383 e. The Balaban J connectivity index is 2.44. The van der Waals surface area contributed by atoms with E-state index in [-0.39, 0.29) is 5.92 Å². The fourth-order valence-corrected chi connectivity index (χ4v) is 2.08. The molecule has 1 aromatic heterocycles. The van der Waals surface area contributed by atoms with Gasteiger partial charge in [-0.2, -0.15) is 0 Å². The SMILES string of the molecule is Cc1ccc(C)c(Nc2ncnc(N)c2C(C)C)c1. The number of nitrogen functional groups attached to an aromatic ring is 1. The van der Waals surface area contributed by atoms with Crippen molar-refractivity contribution in [3.05, 3.63) is 41.2 Å². The number of hydrogen-bond donors (Lipinski definition) is 2. The van der Waals surface area contributed by atoms with E-state index in [1.165, 1.54) is 17.5 Å². The second-order valence-electron chi connectivity index (χ2n) is 5.12. The van der Waals surface area contributed by atoms with E-state index in [9.17, 15) is 0 Å². The minimum Gasteiger partial charge on any atom is -0.383 e. The van der Waals surface area contributed by atoms with Crippen molar-refractivity contribution < 1.29 is 0 Å². The van der Waals surface area contributed by atoms with Gasteiger partial charge < -0.3 is 11.1 Å². The molecule has 0 aliphatic rings. The summed E-state index contributed by atoms with van der Waals surface area (Å²) in [6.45, 7) is 8.32. The average Bonchev–Trinajstić information content (AvgIpc) is 2.33. The van der Waals surface area contributed by atoms with E-state index in [0.29, 0.717) is 5.82 Å². The van der Waals surface area contributed by atoms with Crippen molar-refractivity contribution in [1.82, 2.24) is 9.97 Å². The van der Waals surface area contributed by atoms with E-state index in [1.807, 2.05) is 0 Å². The van der Waals surface area contributed by atoms with E-state index in [1.54, 1.807) is 0 Å². The zero-order valence-corrected chi connectivity index (χ0v) is 11.9. The maximum atomic E-state index is 5.95. The first kappa shape index (κ1) is 13.3. The molecule has 100 valence electrons. The van der Waals surface area contributed by atoms with E-state index in [0.717, 1.165) is 17.1 Å². The van der Waals surface area contributed by atoms with Crippen LogP contribution in [0.15, 0.2) is 24.5 Å². The first-order valence-electron chi connectivity index (χ1n) is 6.43. The van der Waals surface area contributed by atoms with Crippen LogP contribution in [0.4, 0.5) is 17.3 Å². The van der Waals surface area contributed by atoms with E-state index >= 15 is 0 Å². The summed E-state index contributed by atoms with van der Waals surface area (Å²) in [5.74, 6) is 1.60. The number of anilines is 3. The maximum absolute atomic E-state index is 5.95. The summed E-state index contributed by atoms with van der Waals surface area (Å²) in [7, 11) is 0. The number of hydrogen-bond acceptors (Lipinski definition) is 4. The quantitative estimate of drug-likeness (QED) is 0.881. The molecular weight excluding hydrogens is 236 g/mol. The Bertz CT molecular complexity index is 591. The van der Waals surface area contributed by atoms with Crippen LogP contribution >= 0.6 is 0 Å². The Morgan fingerprint density at radius 1 is 1.16 bits per heavy atom. The Morgan fingerprint density at radius 2 is 1.89 bits per heavy atom. The third kappa shape index (κ3) is 2.84. The Kier molecular flexibility index (Phi) is 3.69. The van der Waals surface area contributed by atoms with Crippen LogP contribution in [0.2, 0.25) is 0 Å². The Labute approximate surface area is 114 Å². The number of aromatic nitrogens is 2. The molecule has 2 aromatic rings. The Hall–Kier alpha value is -2.10. The summed E-state index contributed by atoms with van der Waals surface area (Å²) in [4.78, 5) is 8.39. The molecule has 0 unspecified atom stereocenters. The topological polar surface area (TPSA) is 63.8 Å². The minimum atomic E-state index is 0.272. The van der Waals surface area contributed by atoms with E-state index in [2.05, 4.69) is 61.2 Å². The van der Waals surface area contributed by atoms with Crippen molar-refractivity contribution in [2.75, 3.05) is 11.1 Å². The number of nitrogens with zero attached hydrogens (tertiary/aromatic N) is 2. The van der Waals surface area contributed by atoms with Crippen LogP contribution in [0.3, 0.4) is 0 Å². The van der Waals surface area contributed by atoms with Crippen LogP contribution in [-0.4, -0.2) is 9.97 Å². The van der Waals surface area contributed by atoms with Crippen molar-refractivity contribution in [2.45, 2.75) is 33.6 Å². The van der Waals surface area contributed by atoms with Crippen LogP contribution in [0.1, 0.15) is 36.5 Å². The van der Waals surface area contributed by atoms with Crippen molar-refractivity contribution in [2.24, 2.45) is 0 Å². The molecular formula is C15H20N4. The molecule has 2 rings (SSSR count). The maximum Gasteiger partial charge on any atom is 0.139 e. The molecule has 0 spiro atoms. The van der Waals surface area contributed by atoms with Gasteiger partial charge in [0.1, 0.15) is 18.0 Å². The molecule has 19 heavy (non-hydrogen) atoms. The third-order valence-corrected chi connectivity index (χ3v) is 3.14. The summed E-state index contributed by atoms with van der Waals surface area (Å²) in [6.07, 6.45) is 1.49. The van der Waals surface area contributed by atoms with Gasteiger partial charge in [0.05, 0.1) is 0 Å². The highest BCUT2D eigenvalue weighted by atomic mass is 15.0. The standard InChI is InChI=1S/C15H20N4/c1-9(2)13-14(16)17-8-18-15(13)19-12-7-10(3)5-6-11(12)4/h5-9H,1-4H3,(H3,16,17,18,19). The number of rotatable bonds is 3. The van der Waals surface area contributed by atoms with E-state index in [4.69, 9.17) is 5.73 Å². The highest BCUT2D eigenvalue weighted by Crippen LogP contribution is 2.29. The normalized spacial score (nSPS) is 10.8. The summed E-state index contributed by atoms with van der Waals surface area (Å²) < 4.78 is 0. The summed E-state index contributed by atoms with van der Waals surface area (Å²) in [5, 5.41) is 3.37. The zero-order chi connectivity index (χ0) is 14.0. The molecule has 0 atom stereocenters. The molecule has 0 saturated heterocycles. The van der Waals surface area contributed by atoms with Gasteiger partial charge in [0.15, 0.2) is 0 Å². The molecule has 4 nitrogen and oxygen atoms in total. The second kappa shape index (κ2) is 5.26. The van der Waals surface area contributed by atoms with Gasteiger partial charge in [0.2, 0.25) is 0 Å². The summed E-state index contributed by atoms with van der Waals surface area (Å²) in [6, 6.07) is 6.30. The van der Waals surface area contributed by atoms with Crippen LogP contribution < -0.4 is 11.1 Å². The lowest BCUT2D eigenvalue weighted by atomic mass is 10.0. The third-order valence-electron chi connectivity index (χ3n) is 3.14. The first-order chi connectivity index (χ1) is 8.99. The van der Waals surface area contributed by atoms with Crippen LogP contribution in [0, 0.1) is 13.8 Å². The van der Waals surface area contributed by atoms with Gasteiger partial charge in [-0.05, 0) is 37.0 Å². The molecule has 0 aliphatic carbocycles. The van der Waals surface area contributed by atoms with Gasteiger partial charge in [-0.15, -0.1) is 0 Å². The van der Waals surface area contributed by atoms with Crippen molar-refractivity contribution >= 4 is 17.3 Å². The zero-order valence-electron chi connectivity index (χ0n) is 11.9. The van der Waals surface area contributed by atoms with E-state index < -0.39 is 0 Å². The van der Waals surface area contributed by atoms with Gasteiger partial charge in [0.25, 0.3) is 0 Å². The van der Waals surface area contributed by atoms with Crippen LogP contribution in [0.25, 0.3) is 0 Å². The lowest BCUT2D eigenvalue weighted by Gasteiger charge is -2.16. The number of nitrogens with two attached hydrogens (primary N) is 1. The molecule has 3 N–H and O–H groups in total. The van der Waals surface area contributed by atoms with Crippen molar-refractivity contribution in [3.63, 3.8) is 0 Å². The molecule has 4 heteroatoms. The van der Waals surface area contributed by atoms with Gasteiger partial charge >= 0.3 is 0 Å². The minimum absolute atomic E-state index is 0.272. The Morgan fingerprint density at radius 3 is 2.58 bits per heavy atom. The van der Waals surface area contributed by atoms with Crippen molar-refractivity contribution in [3.8, 4) is 0 Å². The molecule has 0 fully saturated rings. The molecule has 1 heterocycles. The summed E-state index contributed by atoms with van der Waals surface area (Å²) in [5.41, 5.74) is 10.4. The second-order valence-corrected chi connectivity index (χ2v) is 5.12. The first-order valence-corrected chi connectivity index (χ1v) is 6.43. The fourth-order valence-electron chi connectivity index (χ4n) is 2.08. The predicted molar refractivity (Wildman–Crippen MR) is 79.7 cm³/mol. The van der Waals surface area contributed by atoms with Crippen molar-refractivity contribution in [1.29, 1.82) is 0 Å². The van der Waals surface area contributed by atoms with Gasteiger partial charge in [-0.25, -0.2) is 9.97 Å².